The fourth-order valence-corrected chi connectivity index (χ4v) is 4.65. The number of nitrogens with zero attached hydrogens (tertiary/aromatic N) is 4. The fourth-order valence-electron chi connectivity index (χ4n) is 4.65. The third-order valence-corrected chi connectivity index (χ3v) is 6.73. The summed E-state index contributed by atoms with van der Waals surface area (Å²) in [5.41, 5.74) is 14.1. The van der Waals surface area contributed by atoms with Gasteiger partial charge in [-0.05, 0) is 29.3 Å². The molecule has 0 unspecified atom stereocenters. The van der Waals surface area contributed by atoms with Gasteiger partial charge in [0.1, 0.15) is 30.2 Å². The van der Waals surface area contributed by atoms with Crippen molar-refractivity contribution in [3.05, 3.63) is 66.7 Å². The number of imidazole rings is 1. The molecule has 1 saturated heterocycles. The first-order valence-corrected chi connectivity index (χ1v) is 12.7. The topological polar surface area (TPSA) is 221 Å². The van der Waals surface area contributed by atoms with Crippen molar-refractivity contribution < 1.29 is 29.3 Å². The second-order valence-electron chi connectivity index (χ2n) is 9.47. The number of nitrogens with one attached hydrogen (secondary N) is 2. The van der Waals surface area contributed by atoms with Gasteiger partial charge in [0, 0.05) is 30.6 Å². The molecule has 5 rings (SSSR count). The fraction of sp³-hybridized carbons (Fsp3) is 0.259. The molecule has 8 N–H and O–H groups in total. The van der Waals surface area contributed by atoms with E-state index in [1.54, 1.807) is 48.5 Å². The molecular formula is C27H28N8O6. The number of ether oxygens (including phenoxy) is 1. The molecule has 14 nitrogen and oxygen atoms in total. The largest absolute Gasteiger partial charge is 0.387 e. The molecule has 4 atom stereocenters. The number of hydrogen-bond donors (Lipinski definition) is 6. The highest BCUT2D eigenvalue weighted by Gasteiger charge is 2.44. The van der Waals surface area contributed by atoms with Gasteiger partial charge in [0.25, 0.3) is 0 Å². The predicted octanol–water partition coefficient (Wildman–Crippen LogP) is 0.329. The summed E-state index contributed by atoms with van der Waals surface area (Å²) in [6, 6.07) is 13.8. The van der Waals surface area contributed by atoms with Crippen molar-refractivity contribution in [1.82, 2.24) is 24.8 Å². The predicted molar refractivity (Wildman–Crippen MR) is 147 cm³/mol. The number of fused-ring (bicyclic) bond motifs is 1. The molecule has 0 aliphatic carbocycles. The summed E-state index contributed by atoms with van der Waals surface area (Å²) in [5.74, 6) is -1.22. The molecule has 0 saturated carbocycles. The van der Waals surface area contributed by atoms with Crippen LogP contribution in [-0.4, -0.2) is 72.3 Å². The van der Waals surface area contributed by atoms with E-state index in [4.69, 9.17) is 16.2 Å². The van der Waals surface area contributed by atoms with Gasteiger partial charge in [0.05, 0.1) is 6.33 Å². The zero-order valence-electron chi connectivity index (χ0n) is 21.7. The van der Waals surface area contributed by atoms with E-state index in [-0.39, 0.29) is 31.1 Å². The number of primary amides is 1. The third kappa shape index (κ3) is 5.84. The van der Waals surface area contributed by atoms with E-state index in [2.05, 4.69) is 25.6 Å². The first kappa shape index (κ1) is 27.6. The van der Waals surface area contributed by atoms with Crippen molar-refractivity contribution in [3.8, 4) is 11.1 Å². The van der Waals surface area contributed by atoms with Crippen molar-refractivity contribution in [2.75, 3.05) is 17.6 Å². The molecule has 4 aromatic rings. The molecule has 2 aromatic heterocycles. The molecule has 212 valence electrons. The minimum Gasteiger partial charge on any atom is -0.387 e. The Morgan fingerprint density at radius 1 is 0.976 bits per heavy atom. The number of rotatable bonds is 9. The summed E-state index contributed by atoms with van der Waals surface area (Å²) in [6.07, 6.45) is -2.14. The summed E-state index contributed by atoms with van der Waals surface area (Å²) in [5, 5.41) is 26.4. The molecule has 1 fully saturated rings. The molecule has 0 bridgehead atoms. The third-order valence-electron chi connectivity index (χ3n) is 6.73. The Morgan fingerprint density at radius 3 is 2.56 bits per heavy atom. The van der Waals surface area contributed by atoms with E-state index in [0.717, 1.165) is 0 Å². The number of nitrogens with two attached hydrogens (primary N) is 2. The second kappa shape index (κ2) is 11.7. The van der Waals surface area contributed by atoms with Crippen molar-refractivity contribution >= 4 is 40.4 Å². The summed E-state index contributed by atoms with van der Waals surface area (Å²) in [4.78, 5) is 48.8. The quantitative estimate of drug-likeness (QED) is 0.165. The van der Waals surface area contributed by atoms with Gasteiger partial charge in [0.15, 0.2) is 17.7 Å². The van der Waals surface area contributed by atoms with Crippen molar-refractivity contribution in [1.29, 1.82) is 0 Å². The number of carbonyl (C=O) groups is 3. The van der Waals surface area contributed by atoms with Gasteiger partial charge >= 0.3 is 0 Å². The lowest BCUT2D eigenvalue weighted by atomic mass is 9.99. The number of benzene rings is 2. The van der Waals surface area contributed by atoms with Crippen molar-refractivity contribution in [3.63, 3.8) is 0 Å². The van der Waals surface area contributed by atoms with Gasteiger partial charge in [-0.25, -0.2) is 15.0 Å². The van der Waals surface area contributed by atoms with Crippen molar-refractivity contribution in [2.24, 2.45) is 5.73 Å². The summed E-state index contributed by atoms with van der Waals surface area (Å²) in [7, 11) is 0. The number of aromatic nitrogens is 4. The van der Waals surface area contributed by atoms with Crippen LogP contribution in [0.2, 0.25) is 0 Å². The molecule has 14 heteroatoms. The number of amides is 3. The van der Waals surface area contributed by atoms with Crippen LogP contribution < -0.4 is 22.1 Å². The monoisotopic (exact) mass is 560 g/mol. The molecule has 1 aliphatic heterocycles. The van der Waals surface area contributed by atoms with Gasteiger partial charge in [0.2, 0.25) is 17.7 Å². The van der Waals surface area contributed by atoms with Crippen LogP contribution in [0.4, 0.5) is 11.5 Å². The molecule has 0 radical (unpaired) electrons. The normalized spacial score (nSPS) is 20.1. The van der Waals surface area contributed by atoms with Crippen LogP contribution in [0.1, 0.15) is 29.4 Å². The Morgan fingerprint density at radius 2 is 1.76 bits per heavy atom. The summed E-state index contributed by atoms with van der Waals surface area (Å²) in [6.45, 7) is -0.0970. The van der Waals surface area contributed by atoms with Gasteiger partial charge in [-0.2, -0.15) is 0 Å². The van der Waals surface area contributed by atoms with E-state index in [0.29, 0.717) is 33.5 Å². The van der Waals surface area contributed by atoms with Crippen LogP contribution in [0.25, 0.3) is 22.3 Å². The Balaban J connectivity index is 1.13. The van der Waals surface area contributed by atoms with E-state index in [1.807, 2.05) is 0 Å². The van der Waals surface area contributed by atoms with Gasteiger partial charge in [-0.3, -0.25) is 19.0 Å². The highest BCUT2D eigenvalue weighted by atomic mass is 16.6. The van der Waals surface area contributed by atoms with E-state index in [1.165, 1.54) is 17.2 Å². The average Bonchev–Trinajstić information content (AvgIpc) is 3.52. The number of carbonyl (C=O) groups excluding carboxylic acids is 3. The number of aliphatic hydroxyl groups excluding tert-OH is 2. The van der Waals surface area contributed by atoms with E-state index < -0.39 is 36.4 Å². The van der Waals surface area contributed by atoms with E-state index in [9.17, 15) is 24.6 Å². The summed E-state index contributed by atoms with van der Waals surface area (Å²) < 4.78 is 7.24. The Bertz CT molecular complexity index is 1610. The molecule has 0 spiro atoms. The highest BCUT2D eigenvalue weighted by Crippen LogP contribution is 2.32. The van der Waals surface area contributed by atoms with E-state index >= 15 is 0 Å². The lowest BCUT2D eigenvalue weighted by Crippen LogP contribution is -2.40. The van der Waals surface area contributed by atoms with Gasteiger partial charge in [-0.1, -0.05) is 30.3 Å². The first-order chi connectivity index (χ1) is 19.7. The van der Waals surface area contributed by atoms with Crippen LogP contribution in [0, 0.1) is 0 Å². The highest BCUT2D eigenvalue weighted by molar-refractivity contribution is 6.00. The minimum atomic E-state index is -1.32. The molecule has 2 aromatic carbocycles. The Kier molecular flexibility index (Phi) is 7.87. The SMILES string of the molecule is NC(=O)c1ccccc1-c1cccc(NC(=O)CCC(=O)NC[C@H]2O[C@@H](n3cnc4c(N)ncnc43)[C@H](O)[C@@H]2O)c1. The second-order valence-corrected chi connectivity index (χ2v) is 9.47. The van der Waals surface area contributed by atoms with Crippen LogP contribution in [-0.2, 0) is 14.3 Å². The number of nitrogen functional groups attached to an aromatic ring is 1. The van der Waals surface area contributed by atoms with Crippen molar-refractivity contribution in [2.45, 2.75) is 37.4 Å². The van der Waals surface area contributed by atoms with Gasteiger partial charge in [-0.15, -0.1) is 0 Å². The number of anilines is 2. The lowest BCUT2D eigenvalue weighted by Gasteiger charge is -2.16. The van der Waals surface area contributed by atoms with Crippen LogP contribution in [0.5, 0.6) is 0 Å². The zero-order chi connectivity index (χ0) is 29.1. The lowest BCUT2D eigenvalue weighted by molar-refractivity contribution is -0.125. The smallest absolute Gasteiger partial charge is 0.249 e. The molecular weight excluding hydrogens is 532 g/mol. The Hall–Kier alpha value is -4.92. The molecule has 41 heavy (non-hydrogen) atoms. The molecule has 1 aliphatic rings. The van der Waals surface area contributed by atoms with Crippen LogP contribution >= 0.6 is 0 Å². The van der Waals surface area contributed by atoms with Crippen LogP contribution in [0.3, 0.4) is 0 Å². The standard InChI is InChI=1S/C27H28N8O6/c28-24-21-26(32-12-31-24)35(13-33-21)27-23(39)22(38)18(41-27)11-30-19(36)8-9-20(37)34-15-5-3-4-14(10-15)16-6-1-2-7-17(16)25(29)40/h1-7,10,12-13,18,22-23,27,38-39H,8-9,11H2,(H2,29,40)(H,30,36)(H,34,37)(H2,28,31,32)/t18-,22-,23-,27-/m1/s1. The maximum Gasteiger partial charge on any atom is 0.249 e. The molecule has 3 amide bonds. The number of aliphatic hydroxyl groups is 2. The maximum absolute atomic E-state index is 12.5. The number of hydrogen-bond acceptors (Lipinski definition) is 10. The van der Waals surface area contributed by atoms with Crippen LogP contribution in [0.15, 0.2) is 61.2 Å². The average molecular weight is 561 g/mol. The summed E-state index contributed by atoms with van der Waals surface area (Å²) >= 11 is 0. The van der Waals surface area contributed by atoms with Gasteiger partial charge < -0.3 is 37.1 Å². The zero-order valence-corrected chi connectivity index (χ0v) is 21.7. The molecule has 3 heterocycles. The first-order valence-electron chi connectivity index (χ1n) is 12.7. The Labute approximate surface area is 233 Å². The maximum atomic E-state index is 12.5. The minimum absolute atomic E-state index is 0.0970.